The summed E-state index contributed by atoms with van der Waals surface area (Å²) in [5.41, 5.74) is 1.47. The Bertz CT molecular complexity index is 737. The van der Waals surface area contributed by atoms with E-state index in [9.17, 15) is 9.59 Å². The van der Waals surface area contributed by atoms with E-state index in [2.05, 4.69) is 20.5 Å². The minimum atomic E-state index is -0.109. The van der Waals surface area contributed by atoms with Gasteiger partial charge in [0.25, 0.3) is 5.91 Å². The molecule has 0 radical (unpaired) electrons. The quantitative estimate of drug-likeness (QED) is 0.801. The summed E-state index contributed by atoms with van der Waals surface area (Å²) in [6.07, 6.45) is 1.69. The summed E-state index contributed by atoms with van der Waals surface area (Å²) in [6.45, 7) is 6.04. The number of likely N-dealkylation sites (N-methyl/N-ethyl adjacent to an activating group) is 1. The van der Waals surface area contributed by atoms with Crippen LogP contribution in [0.25, 0.3) is 0 Å². The minimum Gasteiger partial charge on any atom is -0.355 e. The molecule has 0 spiro atoms. The zero-order valence-electron chi connectivity index (χ0n) is 15.0. The van der Waals surface area contributed by atoms with E-state index in [4.69, 9.17) is 0 Å². The molecule has 1 aliphatic heterocycles. The van der Waals surface area contributed by atoms with E-state index in [0.717, 1.165) is 5.56 Å². The summed E-state index contributed by atoms with van der Waals surface area (Å²) in [6, 6.07) is 9.93. The molecule has 1 saturated heterocycles. The first-order valence-corrected chi connectivity index (χ1v) is 8.88. The molecular formula is C18H24N6O2. The van der Waals surface area contributed by atoms with Gasteiger partial charge in [0.15, 0.2) is 5.69 Å². The zero-order valence-corrected chi connectivity index (χ0v) is 15.0. The summed E-state index contributed by atoms with van der Waals surface area (Å²) >= 11 is 0. The van der Waals surface area contributed by atoms with Crippen LogP contribution in [0.5, 0.6) is 0 Å². The molecule has 0 unspecified atom stereocenters. The number of amides is 2. The third kappa shape index (κ3) is 4.66. The van der Waals surface area contributed by atoms with Gasteiger partial charge >= 0.3 is 0 Å². The SMILES string of the molecule is CCNC(=O)CN1CCN(C(=O)c2cn(Cc3ccccc3)nn2)CC1. The van der Waals surface area contributed by atoms with Crippen LogP contribution >= 0.6 is 0 Å². The third-order valence-corrected chi connectivity index (χ3v) is 4.35. The lowest BCUT2D eigenvalue weighted by Crippen LogP contribution is -2.51. The van der Waals surface area contributed by atoms with Crippen molar-refractivity contribution < 1.29 is 9.59 Å². The lowest BCUT2D eigenvalue weighted by atomic mass is 10.2. The molecule has 1 aliphatic rings. The maximum atomic E-state index is 12.6. The van der Waals surface area contributed by atoms with Gasteiger partial charge in [-0.25, -0.2) is 4.68 Å². The summed E-state index contributed by atoms with van der Waals surface area (Å²) in [5.74, 6) is -0.0851. The molecular weight excluding hydrogens is 332 g/mol. The summed E-state index contributed by atoms with van der Waals surface area (Å²) in [5, 5.41) is 10.9. The Labute approximate surface area is 152 Å². The number of hydrogen-bond donors (Lipinski definition) is 1. The van der Waals surface area contributed by atoms with Crippen LogP contribution in [-0.2, 0) is 11.3 Å². The van der Waals surface area contributed by atoms with Gasteiger partial charge in [0, 0.05) is 32.7 Å². The van der Waals surface area contributed by atoms with Crippen molar-refractivity contribution in [1.82, 2.24) is 30.1 Å². The van der Waals surface area contributed by atoms with Crippen LogP contribution < -0.4 is 5.32 Å². The molecule has 0 aliphatic carbocycles. The van der Waals surface area contributed by atoms with Crippen LogP contribution in [0.1, 0.15) is 23.0 Å². The van der Waals surface area contributed by atoms with E-state index >= 15 is 0 Å². The molecule has 138 valence electrons. The molecule has 26 heavy (non-hydrogen) atoms. The smallest absolute Gasteiger partial charge is 0.276 e. The van der Waals surface area contributed by atoms with E-state index in [0.29, 0.717) is 51.5 Å². The fraction of sp³-hybridized carbons (Fsp3) is 0.444. The molecule has 1 aromatic heterocycles. The van der Waals surface area contributed by atoms with Crippen molar-refractivity contribution in [2.24, 2.45) is 0 Å². The summed E-state index contributed by atoms with van der Waals surface area (Å²) in [7, 11) is 0. The number of rotatable bonds is 6. The van der Waals surface area contributed by atoms with Crippen molar-refractivity contribution in [1.29, 1.82) is 0 Å². The molecule has 2 amide bonds. The Kier molecular flexibility index (Phi) is 5.96. The van der Waals surface area contributed by atoms with E-state index < -0.39 is 0 Å². The summed E-state index contributed by atoms with van der Waals surface area (Å²) < 4.78 is 1.67. The molecule has 0 bridgehead atoms. The maximum Gasteiger partial charge on any atom is 0.276 e. The first-order chi connectivity index (χ1) is 12.7. The van der Waals surface area contributed by atoms with Gasteiger partial charge in [-0.15, -0.1) is 5.10 Å². The number of nitrogens with one attached hydrogen (secondary N) is 1. The van der Waals surface area contributed by atoms with E-state index in [1.54, 1.807) is 15.8 Å². The average Bonchev–Trinajstić information content (AvgIpc) is 3.11. The number of carbonyl (C=O) groups excluding carboxylic acids is 2. The van der Waals surface area contributed by atoms with Crippen molar-refractivity contribution in [2.45, 2.75) is 13.5 Å². The molecule has 2 aromatic rings. The minimum absolute atomic E-state index is 0.0242. The number of piperazine rings is 1. The Balaban J connectivity index is 1.52. The van der Waals surface area contributed by atoms with Gasteiger partial charge in [-0.3, -0.25) is 14.5 Å². The Morgan fingerprint density at radius 2 is 1.85 bits per heavy atom. The van der Waals surface area contributed by atoms with Crippen LogP contribution in [0.4, 0.5) is 0 Å². The number of carbonyl (C=O) groups is 2. The third-order valence-electron chi connectivity index (χ3n) is 4.35. The van der Waals surface area contributed by atoms with Gasteiger partial charge in [0.2, 0.25) is 5.91 Å². The van der Waals surface area contributed by atoms with Gasteiger partial charge < -0.3 is 10.2 Å². The number of aromatic nitrogens is 3. The van der Waals surface area contributed by atoms with E-state index in [-0.39, 0.29) is 11.8 Å². The fourth-order valence-electron chi connectivity index (χ4n) is 2.97. The largest absolute Gasteiger partial charge is 0.355 e. The predicted octanol–water partition coefficient (Wildman–Crippen LogP) is 0.220. The second kappa shape index (κ2) is 8.57. The monoisotopic (exact) mass is 356 g/mol. The molecule has 1 fully saturated rings. The first-order valence-electron chi connectivity index (χ1n) is 8.88. The van der Waals surface area contributed by atoms with Crippen LogP contribution in [0.2, 0.25) is 0 Å². The molecule has 1 N–H and O–H groups in total. The highest BCUT2D eigenvalue weighted by atomic mass is 16.2. The molecule has 1 aromatic carbocycles. The highest BCUT2D eigenvalue weighted by Gasteiger charge is 2.24. The van der Waals surface area contributed by atoms with Gasteiger partial charge in [0.1, 0.15) is 0 Å². The second-order valence-corrected chi connectivity index (χ2v) is 6.31. The predicted molar refractivity (Wildman–Crippen MR) is 96.6 cm³/mol. The van der Waals surface area contributed by atoms with Gasteiger partial charge in [-0.05, 0) is 12.5 Å². The van der Waals surface area contributed by atoms with Crippen LogP contribution in [-0.4, -0.2) is 75.9 Å². The fourth-order valence-corrected chi connectivity index (χ4v) is 2.97. The Morgan fingerprint density at radius 1 is 1.12 bits per heavy atom. The normalized spacial score (nSPS) is 15.0. The van der Waals surface area contributed by atoms with Crippen molar-refractivity contribution in [3.8, 4) is 0 Å². The molecule has 0 saturated carbocycles. The van der Waals surface area contributed by atoms with Crippen molar-refractivity contribution in [3.63, 3.8) is 0 Å². The molecule has 8 nitrogen and oxygen atoms in total. The number of nitrogens with zero attached hydrogens (tertiary/aromatic N) is 5. The van der Waals surface area contributed by atoms with Crippen LogP contribution in [0, 0.1) is 0 Å². The van der Waals surface area contributed by atoms with Crippen LogP contribution in [0.3, 0.4) is 0 Å². The van der Waals surface area contributed by atoms with E-state index in [1.165, 1.54) is 0 Å². The topological polar surface area (TPSA) is 83.4 Å². The van der Waals surface area contributed by atoms with E-state index in [1.807, 2.05) is 37.3 Å². The standard InChI is InChI=1S/C18H24N6O2/c1-2-19-17(25)14-22-8-10-23(11-9-22)18(26)16-13-24(21-20-16)12-15-6-4-3-5-7-15/h3-7,13H,2,8-12,14H2,1H3,(H,19,25). The number of hydrogen-bond acceptors (Lipinski definition) is 5. The van der Waals surface area contributed by atoms with Crippen molar-refractivity contribution >= 4 is 11.8 Å². The molecule has 0 atom stereocenters. The lowest BCUT2D eigenvalue weighted by molar-refractivity contribution is -0.122. The number of benzene rings is 1. The van der Waals surface area contributed by atoms with Crippen molar-refractivity contribution in [3.05, 3.63) is 47.8 Å². The second-order valence-electron chi connectivity index (χ2n) is 6.31. The summed E-state index contributed by atoms with van der Waals surface area (Å²) in [4.78, 5) is 28.1. The average molecular weight is 356 g/mol. The molecule has 8 heteroatoms. The molecule has 2 heterocycles. The first kappa shape index (κ1) is 18.1. The zero-order chi connectivity index (χ0) is 18.4. The lowest BCUT2D eigenvalue weighted by Gasteiger charge is -2.33. The van der Waals surface area contributed by atoms with Crippen LogP contribution in [0.15, 0.2) is 36.5 Å². The highest BCUT2D eigenvalue weighted by molar-refractivity contribution is 5.92. The highest BCUT2D eigenvalue weighted by Crippen LogP contribution is 2.08. The van der Waals surface area contributed by atoms with Crippen molar-refractivity contribution in [2.75, 3.05) is 39.3 Å². The Hall–Kier alpha value is -2.74. The molecule has 3 rings (SSSR count). The van der Waals surface area contributed by atoms with Gasteiger partial charge in [-0.1, -0.05) is 35.5 Å². The maximum absolute atomic E-state index is 12.6. The Morgan fingerprint density at radius 3 is 2.54 bits per heavy atom. The van der Waals surface area contributed by atoms with Gasteiger partial charge in [0.05, 0.1) is 19.3 Å². The van der Waals surface area contributed by atoms with Gasteiger partial charge in [-0.2, -0.15) is 0 Å².